The first-order chi connectivity index (χ1) is 13.8. The second kappa shape index (κ2) is 5.40. The zero-order valence-electron chi connectivity index (χ0n) is 17.6. The predicted molar refractivity (Wildman–Crippen MR) is 105 cm³/mol. The third-order valence-electron chi connectivity index (χ3n) is 4.95. The zero-order valence-corrected chi connectivity index (χ0v) is 14.6. The van der Waals surface area contributed by atoms with Crippen molar-refractivity contribution >= 4 is 32.7 Å². The maximum absolute atomic E-state index is 7.63. The lowest BCUT2D eigenvalue weighted by atomic mass is 10.00. The van der Waals surface area contributed by atoms with Crippen LogP contribution in [0.3, 0.4) is 0 Å². The molecule has 3 heteroatoms. The van der Waals surface area contributed by atoms with Crippen molar-refractivity contribution in [3.05, 3.63) is 72.1 Å². The van der Waals surface area contributed by atoms with E-state index in [0.717, 1.165) is 43.8 Å². The first-order valence-electron chi connectivity index (χ1n) is 10.0. The Bertz CT molecular complexity index is 1420. The molecular formula is C23H19N2O+. The summed E-state index contributed by atoms with van der Waals surface area (Å²) in [7, 11) is 1.81. The summed E-state index contributed by atoms with van der Waals surface area (Å²) in [5.74, 6) is 0.671. The van der Waals surface area contributed by atoms with E-state index in [2.05, 4.69) is 35.3 Å². The van der Waals surface area contributed by atoms with E-state index >= 15 is 0 Å². The monoisotopic (exact) mass is 342 g/mol. The average Bonchev–Trinajstić information content (AvgIpc) is 3.06. The summed E-state index contributed by atoms with van der Waals surface area (Å²) in [6.45, 7) is -0.179. The van der Waals surface area contributed by atoms with Crippen molar-refractivity contribution in [3.63, 3.8) is 0 Å². The fourth-order valence-corrected chi connectivity index (χ4v) is 3.75. The molecule has 0 radical (unpaired) electrons. The number of aromatic nitrogens is 2. The second-order valence-corrected chi connectivity index (χ2v) is 6.67. The molecule has 3 nitrogen and oxygen atoms in total. The molecule has 0 unspecified atom stereocenters. The van der Waals surface area contributed by atoms with Gasteiger partial charge >= 0.3 is 5.82 Å². The molecule has 0 aliphatic heterocycles. The molecule has 0 saturated carbocycles. The van der Waals surface area contributed by atoms with Crippen LogP contribution in [0, 0.1) is 13.8 Å². The van der Waals surface area contributed by atoms with Crippen LogP contribution in [0.15, 0.2) is 65.3 Å². The molecule has 0 aliphatic rings. The van der Waals surface area contributed by atoms with E-state index < -0.39 is 6.85 Å². The maximum atomic E-state index is 7.63. The fourth-order valence-electron chi connectivity index (χ4n) is 3.75. The van der Waals surface area contributed by atoms with Crippen LogP contribution in [0.1, 0.15) is 15.2 Å². The summed E-state index contributed by atoms with van der Waals surface area (Å²) in [6, 6.07) is 16.5. The van der Waals surface area contributed by atoms with E-state index in [1.807, 2.05) is 32.2 Å². The highest BCUT2D eigenvalue weighted by atomic mass is 16.3. The number of nitrogens with zero attached hydrogens (tertiary/aromatic N) is 2. The van der Waals surface area contributed by atoms with Gasteiger partial charge in [-0.25, -0.2) is 4.57 Å². The van der Waals surface area contributed by atoms with Gasteiger partial charge < -0.3 is 4.42 Å². The highest BCUT2D eigenvalue weighted by Gasteiger charge is 2.23. The SMILES string of the molecule is [2H]C([2H])([2H])c1cnc(-c2c(C)ccc3c2oc2ccc4ccccc4c23)[n+](C)c1. The largest absolute Gasteiger partial charge is 0.455 e. The minimum absolute atomic E-state index is 0.212. The molecule has 0 aliphatic carbocycles. The highest BCUT2D eigenvalue weighted by Crippen LogP contribution is 2.39. The molecule has 5 rings (SSSR count). The molecule has 0 bridgehead atoms. The Morgan fingerprint density at radius 3 is 2.77 bits per heavy atom. The van der Waals surface area contributed by atoms with Gasteiger partial charge in [0.15, 0.2) is 5.58 Å². The molecular weight excluding hydrogens is 320 g/mol. The normalized spacial score (nSPS) is 13.8. The van der Waals surface area contributed by atoms with Crippen LogP contribution in [-0.2, 0) is 7.05 Å². The topological polar surface area (TPSA) is 29.9 Å². The Morgan fingerprint density at radius 2 is 1.92 bits per heavy atom. The van der Waals surface area contributed by atoms with Crippen molar-refractivity contribution in [1.29, 1.82) is 0 Å². The third kappa shape index (κ3) is 2.07. The molecule has 3 aromatic carbocycles. The van der Waals surface area contributed by atoms with Gasteiger partial charge in [0.1, 0.15) is 17.3 Å². The Balaban J connectivity index is 1.85. The minimum Gasteiger partial charge on any atom is -0.455 e. The lowest BCUT2D eigenvalue weighted by molar-refractivity contribution is -0.663. The number of rotatable bonds is 1. The van der Waals surface area contributed by atoms with Crippen molar-refractivity contribution < 1.29 is 13.1 Å². The molecule has 2 aromatic heterocycles. The molecule has 0 N–H and O–H groups in total. The lowest BCUT2D eigenvalue weighted by Crippen LogP contribution is -2.32. The second-order valence-electron chi connectivity index (χ2n) is 6.67. The number of hydrogen-bond acceptors (Lipinski definition) is 2. The maximum Gasteiger partial charge on any atom is 0.334 e. The van der Waals surface area contributed by atoms with E-state index in [1.54, 1.807) is 10.8 Å². The summed E-state index contributed by atoms with van der Waals surface area (Å²) in [6.07, 6.45) is 3.05. The standard InChI is InChI=1S/C23H19N2O/c1-14-12-24-23(25(3)13-14)20-15(2)8-10-18-21-17-7-5-4-6-16(17)9-11-19(21)26-22(18)20/h4-13H,1-3H3/q+1/i1D3. The van der Waals surface area contributed by atoms with Crippen molar-refractivity contribution in [1.82, 2.24) is 4.98 Å². The van der Waals surface area contributed by atoms with E-state index in [1.165, 1.54) is 6.20 Å². The van der Waals surface area contributed by atoms with Gasteiger partial charge in [-0.05, 0) is 41.2 Å². The molecule has 0 saturated heterocycles. The quantitative estimate of drug-likeness (QED) is 0.390. The smallest absolute Gasteiger partial charge is 0.334 e. The lowest BCUT2D eigenvalue weighted by Gasteiger charge is -2.04. The molecule has 0 amide bonds. The minimum atomic E-state index is -2.19. The van der Waals surface area contributed by atoms with Gasteiger partial charge in [-0.3, -0.25) is 0 Å². The van der Waals surface area contributed by atoms with Gasteiger partial charge in [-0.15, -0.1) is 0 Å². The first-order valence-corrected chi connectivity index (χ1v) is 8.55. The summed E-state index contributed by atoms with van der Waals surface area (Å²) in [4.78, 5) is 4.50. The van der Waals surface area contributed by atoms with Crippen molar-refractivity contribution in [2.45, 2.75) is 13.8 Å². The molecule has 26 heavy (non-hydrogen) atoms. The molecule has 2 heterocycles. The van der Waals surface area contributed by atoms with Crippen LogP contribution in [0.2, 0.25) is 0 Å². The van der Waals surface area contributed by atoms with Crippen LogP contribution in [0.25, 0.3) is 44.1 Å². The number of fused-ring (bicyclic) bond motifs is 5. The average molecular weight is 342 g/mol. The van der Waals surface area contributed by atoms with Crippen LogP contribution < -0.4 is 4.57 Å². The number of hydrogen-bond donors (Lipinski definition) is 0. The van der Waals surface area contributed by atoms with E-state index in [4.69, 9.17) is 8.53 Å². The number of aryl methyl sites for hydroxylation is 3. The van der Waals surface area contributed by atoms with Gasteiger partial charge in [0.05, 0.1) is 13.2 Å². The zero-order chi connectivity index (χ0) is 20.3. The van der Waals surface area contributed by atoms with Gasteiger partial charge in [0.25, 0.3) is 0 Å². The van der Waals surface area contributed by atoms with Crippen LogP contribution in [-0.4, -0.2) is 4.98 Å². The van der Waals surface area contributed by atoms with Gasteiger partial charge in [-0.2, -0.15) is 0 Å². The van der Waals surface area contributed by atoms with E-state index in [9.17, 15) is 0 Å². The summed E-state index contributed by atoms with van der Waals surface area (Å²) < 4.78 is 31.0. The molecule has 0 fully saturated rings. The van der Waals surface area contributed by atoms with Crippen molar-refractivity contribution in [3.8, 4) is 11.4 Å². The van der Waals surface area contributed by atoms with E-state index in [-0.39, 0.29) is 5.56 Å². The van der Waals surface area contributed by atoms with Gasteiger partial charge in [0, 0.05) is 20.4 Å². The molecule has 0 atom stereocenters. The summed E-state index contributed by atoms with van der Waals surface area (Å²) in [5, 5.41) is 4.42. The summed E-state index contributed by atoms with van der Waals surface area (Å²) in [5.41, 5.74) is 3.70. The first kappa shape index (κ1) is 12.2. The Morgan fingerprint density at radius 1 is 1.04 bits per heavy atom. The predicted octanol–water partition coefficient (Wildman–Crippen LogP) is 5.24. The van der Waals surface area contributed by atoms with Crippen LogP contribution in [0.4, 0.5) is 0 Å². The van der Waals surface area contributed by atoms with Crippen molar-refractivity contribution in [2.75, 3.05) is 0 Å². The van der Waals surface area contributed by atoms with Crippen molar-refractivity contribution in [2.24, 2.45) is 7.05 Å². The van der Waals surface area contributed by atoms with Crippen LogP contribution >= 0.6 is 0 Å². The Kier molecular flexibility index (Phi) is 2.53. The molecule has 126 valence electrons. The number of furan rings is 1. The summed E-state index contributed by atoms with van der Waals surface area (Å²) >= 11 is 0. The Hall–Kier alpha value is -3.20. The van der Waals surface area contributed by atoms with Gasteiger partial charge in [0.2, 0.25) is 0 Å². The molecule has 0 spiro atoms. The van der Waals surface area contributed by atoms with E-state index in [0.29, 0.717) is 5.82 Å². The Labute approximate surface area is 155 Å². The third-order valence-corrected chi connectivity index (χ3v) is 4.95. The highest BCUT2D eigenvalue weighted by molar-refractivity contribution is 6.20. The number of benzene rings is 3. The van der Waals surface area contributed by atoms with Gasteiger partial charge in [-0.1, -0.05) is 42.5 Å². The fraction of sp³-hybridized carbons (Fsp3) is 0.130. The molecule has 5 aromatic rings. The van der Waals surface area contributed by atoms with Crippen LogP contribution in [0.5, 0.6) is 0 Å².